The van der Waals surface area contributed by atoms with Gasteiger partial charge in [-0.25, -0.2) is 0 Å². The van der Waals surface area contributed by atoms with E-state index in [4.69, 9.17) is 0 Å². The molecule has 4 nitrogen and oxygen atoms in total. The lowest BCUT2D eigenvalue weighted by Crippen LogP contribution is -1.99. The molecule has 0 atom stereocenters. The van der Waals surface area contributed by atoms with Crippen LogP contribution in [-0.4, -0.2) is 22.2 Å². The number of phenolic OH excluding ortho intramolecular Hbond substituents is 1. The fourth-order valence-electron chi connectivity index (χ4n) is 2.28. The van der Waals surface area contributed by atoms with Crippen LogP contribution >= 0.6 is 0 Å². The van der Waals surface area contributed by atoms with E-state index in [1.165, 1.54) is 6.21 Å². The van der Waals surface area contributed by atoms with Crippen molar-refractivity contribution in [2.24, 2.45) is 4.99 Å². The van der Waals surface area contributed by atoms with Gasteiger partial charge in [0, 0.05) is 17.3 Å². The molecule has 0 radical (unpaired) electrons. The second-order valence-corrected chi connectivity index (χ2v) is 4.89. The number of ketones is 1. The largest absolute Gasteiger partial charge is 0.506 e. The summed E-state index contributed by atoms with van der Waals surface area (Å²) in [5, 5.41) is 19.9. The summed E-state index contributed by atoms with van der Waals surface area (Å²) in [7, 11) is 0. The Balaban J connectivity index is 2.00. The third-order valence-electron chi connectivity index (χ3n) is 3.39. The van der Waals surface area contributed by atoms with E-state index in [0.29, 0.717) is 16.8 Å². The van der Waals surface area contributed by atoms with E-state index >= 15 is 0 Å². The minimum atomic E-state index is -0.265. The lowest BCUT2D eigenvalue weighted by atomic mass is 10.1. The second kappa shape index (κ2) is 4.90. The molecule has 0 aromatic heterocycles. The number of hydrogen-bond acceptors (Lipinski definition) is 4. The van der Waals surface area contributed by atoms with Crippen molar-refractivity contribution in [2.45, 2.75) is 6.92 Å². The van der Waals surface area contributed by atoms with Gasteiger partial charge in [0.1, 0.15) is 17.2 Å². The van der Waals surface area contributed by atoms with Crippen LogP contribution in [-0.2, 0) is 0 Å². The standard InChI is InChI=1S/C17H13NO3/c1-10-6-7-15(19)14(8-10)18-9-13-16(20)11-4-2-3-5-12(11)17(13)21/h2-9,19-20H,1H3. The normalized spacial score (nSPS) is 14.0. The summed E-state index contributed by atoms with van der Waals surface area (Å²) in [6, 6.07) is 11.9. The molecule has 0 amide bonds. The number of benzene rings is 2. The maximum Gasteiger partial charge on any atom is 0.199 e. The topological polar surface area (TPSA) is 69.9 Å². The molecule has 3 rings (SSSR count). The number of aryl methyl sites for hydroxylation is 1. The van der Waals surface area contributed by atoms with Crippen LogP contribution < -0.4 is 0 Å². The van der Waals surface area contributed by atoms with Crippen molar-refractivity contribution in [1.29, 1.82) is 0 Å². The van der Waals surface area contributed by atoms with Gasteiger partial charge in [0.05, 0.1) is 5.57 Å². The highest BCUT2D eigenvalue weighted by Gasteiger charge is 2.27. The molecule has 2 aromatic rings. The Kier molecular flexibility index (Phi) is 3.06. The first-order chi connectivity index (χ1) is 10.1. The first-order valence-corrected chi connectivity index (χ1v) is 6.49. The van der Waals surface area contributed by atoms with Gasteiger partial charge in [-0.2, -0.15) is 0 Å². The van der Waals surface area contributed by atoms with E-state index in [-0.39, 0.29) is 22.9 Å². The molecule has 0 bridgehead atoms. The summed E-state index contributed by atoms with van der Waals surface area (Å²) in [5.41, 5.74) is 2.41. The van der Waals surface area contributed by atoms with E-state index in [0.717, 1.165) is 5.56 Å². The van der Waals surface area contributed by atoms with Gasteiger partial charge in [-0.3, -0.25) is 9.79 Å². The molecule has 104 valence electrons. The summed E-state index contributed by atoms with van der Waals surface area (Å²) >= 11 is 0. The molecule has 0 saturated carbocycles. The number of hydrogen-bond donors (Lipinski definition) is 2. The molecule has 0 heterocycles. The number of fused-ring (bicyclic) bond motifs is 1. The Labute approximate surface area is 121 Å². The summed E-state index contributed by atoms with van der Waals surface area (Å²) in [6.07, 6.45) is 1.30. The van der Waals surface area contributed by atoms with Crippen LogP contribution in [0.4, 0.5) is 5.69 Å². The molecular weight excluding hydrogens is 266 g/mol. The Morgan fingerprint density at radius 3 is 2.48 bits per heavy atom. The molecular formula is C17H13NO3. The highest BCUT2D eigenvalue weighted by Crippen LogP contribution is 2.31. The minimum absolute atomic E-state index is 0.0277. The zero-order chi connectivity index (χ0) is 15.0. The van der Waals surface area contributed by atoms with Crippen LogP contribution in [0.5, 0.6) is 5.75 Å². The van der Waals surface area contributed by atoms with Gasteiger partial charge in [0.15, 0.2) is 5.78 Å². The Morgan fingerprint density at radius 1 is 1.05 bits per heavy atom. The predicted molar refractivity (Wildman–Crippen MR) is 81.3 cm³/mol. The van der Waals surface area contributed by atoms with Crippen LogP contribution in [0.1, 0.15) is 21.5 Å². The smallest absolute Gasteiger partial charge is 0.199 e. The number of Topliss-reactive ketones (excluding diaryl/α,β-unsaturated/α-hetero) is 1. The Hall–Kier alpha value is -2.88. The molecule has 0 fully saturated rings. The summed E-state index contributed by atoms with van der Waals surface area (Å²) in [6.45, 7) is 1.88. The SMILES string of the molecule is Cc1ccc(O)c(N=CC2=C(O)c3ccccc3C2=O)c1. The van der Waals surface area contributed by atoms with Crippen molar-refractivity contribution >= 4 is 23.4 Å². The van der Waals surface area contributed by atoms with Crippen molar-refractivity contribution < 1.29 is 15.0 Å². The fraction of sp³-hybridized carbons (Fsp3) is 0.0588. The Morgan fingerprint density at radius 2 is 1.76 bits per heavy atom. The third kappa shape index (κ3) is 2.21. The molecule has 2 N–H and O–H groups in total. The highest BCUT2D eigenvalue weighted by atomic mass is 16.3. The van der Waals surface area contributed by atoms with E-state index in [9.17, 15) is 15.0 Å². The van der Waals surface area contributed by atoms with Gasteiger partial charge in [-0.1, -0.05) is 30.3 Å². The number of aliphatic hydroxyl groups is 1. The monoisotopic (exact) mass is 279 g/mol. The predicted octanol–water partition coefficient (Wildman–Crippen LogP) is 3.57. The summed E-state index contributed by atoms with van der Waals surface area (Å²) in [4.78, 5) is 16.3. The maximum absolute atomic E-state index is 12.2. The van der Waals surface area contributed by atoms with Crippen LogP contribution in [0.15, 0.2) is 53.0 Å². The van der Waals surface area contributed by atoms with Gasteiger partial charge in [0.2, 0.25) is 0 Å². The highest BCUT2D eigenvalue weighted by molar-refractivity contribution is 6.30. The number of phenols is 1. The number of allylic oxidation sites excluding steroid dienone is 1. The summed E-state index contributed by atoms with van der Waals surface area (Å²) in [5.74, 6) is -0.314. The lowest BCUT2D eigenvalue weighted by molar-refractivity contribution is 0.104. The number of carbonyl (C=O) groups excluding carboxylic acids is 1. The van der Waals surface area contributed by atoms with E-state index in [2.05, 4.69) is 4.99 Å². The zero-order valence-electron chi connectivity index (χ0n) is 11.4. The zero-order valence-corrected chi connectivity index (χ0v) is 11.4. The van der Waals surface area contributed by atoms with Crippen molar-refractivity contribution in [2.75, 3.05) is 0 Å². The fourth-order valence-corrected chi connectivity index (χ4v) is 2.28. The van der Waals surface area contributed by atoms with Gasteiger partial charge in [-0.05, 0) is 24.6 Å². The molecule has 0 aliphatic heterocycles. The average Bonchev–Trinajstić information content (AvgIpc) is 2.73. The van der Waals surface area contributed by atoms with Crippen LogP contribution in [0, 0.1) is 6.92 Å². The molecule has 2 aromatic carbocycles. The summed E-state index contributed by atoms with van der Waals surface area (Å²) < 4.78 is 0. The molecule has 0 unspecified atom stereocenters. The number of aliphatic imine (C=N–C) groups is 1. The van der Waals surface area contributed by atoms with Crippen molar-refractivity contribution in [3.63, 3.8) is 0 Å². The van der Waals surface area contributed by atoms with E-state index in [1.807, 2.05) is 6.92 Å². The van der Waals surface area contributed by atoms with Crippen LogP contribution in [0.2, 0.25) is 0 Å². The second-order valence-electron chi connectivity index (χ2n) is 4.89. The molecule has 0 saturated heterocycles. The van der Waals surface area contributed by atoms with Crippen molar-refractivity contribution in [1.82, 2.24) is 0 Å². The van der Waals surface area contributed by atoms with Gasteiger partial charge in [0.25, 0.3) is 0 Å². The maximum atomic E-state index is 12.2. The lowest BCUT2D eigenvalue weighted by Gasteiger charge is -2.00. The van der Waals surface area contributed by atoms with Crippen molar-refractivity contribution in [3.8, 4) is 5.75 Å². The van der Waals surface area contributed by atoms with Crippen LogP contribution in [0.25, 0.3) is 5.76 Å². The van der Waals surface area contributed by atoms with Gasteiger partial charge >= 0.3 is 0 Å². The first-order valence-electron chi connectivity index (χ1n) is 6.49. The molecule has 1 aliphatic carbocycles. The number of aliphatic hydroxyl groups excluding tert-OH is 1. The number of nitrogens with zero attached hydrogens (tertiary/aromatic N) is 1. The number of aromatic hydroxyl groups is 1. The van der Waals surface area contributed by atoms with Crippen LogP contribution in [0.3, 0.4) is 0 Å². The van der Waals surface area contributed by atoms with Gasteiger partial charge in [-0.15, -0.1) is 0 Å². The number of carbonyl (C=O) groups is 1. The number of rotatable bonds is 2. The molecule has 21 heavy (non-hydrogen) atoms. The van der Waals surface area contributed by atoms with E-state index in [1.54, 1.807) is 42.5 Å². The third-order valence-corrected chi connectivity index (χ3v) is 3.39. The minimum Gasteiger partial charge on any atom is -0.506 e. The van der Waals surface area contributed by atoms with Crippen molar-refractivity contribution in [3.05, 3.63) is 64.7 Å². The molecule has 1 aliphatic rings. The van der Waals surface area contributed by atoms with E-state index < -0.39 is 0 Å². The first kappa shape index (κ1) is 13.1. The Bertz CT molecular complexity index is 803. The molecule has 0 spiro atoms. The molecule has 4 heteroatoms. The quantitative estimate of drug-likeness (QED) is 0.826. The average molecular weight is 279 g/mol. The van der Waals surface area contributed by atoms with Gasteiger partial charge < -0.3 is 10.2 Å².